The molecule has 0 saturated heterocycles. The van der Waals surface area contributed by atoms with E-state index < -0.39 is 0 Å². The van der Waals surface area contributed by atoms with Gasteiger partial charge >= 0.3 is 0 Å². The van der Waals surface area contributed by atoms with Gasteiger partial charge in [-0.3, -0.25) is 4.79 Å². The number of amides is 1. The predicted octanol–water partition coefficient (Wildman–Crippen LogP) is 3.33. The van der Waals surface area contributed by atoms with Crippen molar-refractivity contribution in [3.05, 3.63) is 53.1 Å². The first-order chi connectivity index (χ1) is 13.0. The number of tetrazole rings is 1. The molecule has 0 spiro atoms. The summed E-state index contributed by atoms with van der Waals surface area (Å²) in [6.45, 7) is 6.03. The molecule has 2 aromatic carbocycles. The molecule has 0 aliphatic rings. The molecule has 0 atom stereocenters. The zero-order valence-electron chi connectivity index (χ0n) is 15.7. The first kappa shape index (κ1) is 18.9. The number of benzene rings is 2. The normalized spacial score (nSPS) is 10.7. The van der Waals surface area contributed by atoms with Crippen molar-refractivity contribution in [3.63, 3.8) is 0 Å². The molecule has 0 aliphatic carbocycles. The highest BCUT2D eigenvalue weighted by molar-refractivity contribution is 7.99. The van der Waals surface area contributed by atoms with E-state index in [-0.39, 0.29) is 11.7 Å². The Bertz CT molecular complexity index is 970. The summed E-state index contributed by atoms with van der Waals surface area (Å²) in [7, 11) is 1.58. The minimum atomic E-state index is -0.153. The molecule has 0 bridgehead atoms. The van der Waals surface area contributed by atoms with Crippen LogP contribution in [0.4, 0.5) is 5.69 Å². The van der Waals surface area contributed by atoms with Crippen LogP contribution in [0.15, 0.2) is 41.6 Å². The van der Waals surface area contributed by atoms with E-state index in [4.69, 9.17) is 4.74 Å². The van der Waals surface area contributed by atoms with Crippen LogP contribution in [0.3, 0.4) is 0 Å². The number of carbonyl (C=O) groups is 1. The molecule has 0 radical (unpaired) electrons. The molecule has 27 heavy (non-hydrogen) atoms. The zero-order valence-corrected chi connectivity index (χ0v) is 16.5. The quantitative estimate of drug-likeness (QED) is 0.658. The molecule has 1 aromatic heterocycles. The van der Waals surface area contributed by atoms with Crippen molar-refractivity contribution in [2.45, 2.75) is 25.9 Å². The fourth-order valence-electron chi connectivity index (χ4n) is 2.62. The molecule has 1 heterocycles. The summed E-state index contributed by atoms with van der Waals surface area (Å²) in [5.74, 6) is 0.654. The number of hydrogen-bond acceptors (Lipinski definition) is 6. The second-order valence-corrected chi connectivity index (χ2v) is 7.08. The lowest BCUT2D eigenvalue weighted by Gasteiger charge is -2.11. The standard InChI is InChI=1S/C19H21N5O2S/c1-12-8-9-17(26-4)15(10-12)20-18(25)11-27-19-21-22-23-24(19)16-7-5-6-13(2)14(16)3/h5-10H,11H2,1-4H3,(H,20,25). The van der Waals surface area contributed by atoms with E-state index in [0.717, 1.165) is 22.4 Å². The molecule has 0 fully saturated rings. The van der Waals surface area contributed by atoms with Crippen LogP contribution in [0, 0.1) is 20.8 Å². The number of methoxy groups -OCH3 is 1. The third kappa shape index (κ3) is 4.28. The first-order valence-corrected chi connectivity index (χ1v) is 9.40. The van der Waals surface area contributed by atoms with Gasteiger partial charge in [0.25, 0.3) is 0 Å². The van der Waals surface area contributed by atoms with Crippen molar-refractivity contribution >= 4 is 23.4 Å². The number of nitrogens with zero attached hydrogens (tertiary/aromatic N) is 4. The Morgan fingerprint density at radius 3 is 2.81 bits per heavy atom. The van der Waals surface area contributed by atoms with Gasteiger partial charge in [0.15, 0.2) is 0 Å². The van der Waals surface area contributed by atoms with Gasteiger partial charge < -0.3 is 10.1 Å². The Morgan fingerprint density at radius 1 is 1.22 bits per heavy atom. The molecule has 0 unspecified atom stereocenters. The van der Waals surface area contributed by atoms with Crippen LogP contribution in [-0.4, -0.2) is 39.0 Å². The maximum Gasteiger partial charge on any atom is 0.234 e. The van der Waals surface area contributed by atoms with Crippen LogP contribution in [-0.2, 0) is 4.79 Å². The summed E-state index contributed by atoms with van der Waals surface area (Å²) in [6, 6.07) is 11.6. The number of ether oxygens (including phenoxy) is 1. The van der Waals surface area contributed by atoms with Crippen LogP contribution in [0.25, 0.3) is 5.69 Å². The monoisotopic (exact) mass is 383 g/mol. The van der Waals surface area contributed by atoms with Crippen molar-refractivity contribution in [2.24, 2.45) is 0 Å². The van der Waals surface area contributed by atoms with E-state index in [1.807, 2.05) is 57.2 Å². The van der Waals surface area contributed by atoms with E-state index >= 15 is 0 Å². The molecule has 1 amide bonds. The smallest absolute Gasteiger partial charge is 0.234 e. The van der Waals surface area contributed by atoms with Crippen molar-refractivity contribution in [1.29, 1.82) is 0 Å². The van der Waals surface area contributed by atoms with E-state index in [2.05, 4.69) is 20.8 Å². The molecule has 0 saturated carbocycles. The summed E-state index contributed by atoms with van der Waals surface area (Å²) in [4.78, 5) is 12.4. The minimum Gasteiger partial charge on any atom is -0.495 e. The van der Waals surface area contributed by atoms with Gasteiger partial charge in [0.2, 0.25) is 11.1 Å². The second kappa shape index (κ2) is 8.22. The summed E-state index contributed by atoms with van der Waals surface area (Å²) in [6.07, 6.45) is 0. The number of nitrogens with one attached hydrogen (secondary N) is 1. The van der Waals surface area contributed by atoms with Gasteiger partial charge in [-0.05, 0) is 66.1 Å². The largest absolute Gasteiger partial charge is 0.495 e. The highest BCUT2D eigenvalue weighted by Gasteiger charge is 2.15. The van der Waals surface area contributed by atoms with Crippen LogP contribution in [0.2, 0.25) is 0 Å². The molecule has 3 aromatic rings. The molecule has 8 heteroatoms. The van der Waals surface area contributed by atoms with E-state index in [1.54, 1.807) is 11.8 Å². The predicted molar refractivity (Wildman–Crippen MR) is 106 cm³/mol. The molecule has 3 rings (SSSR count). The van der Waals surface area contributed by atoms with Crippen molar-refractivity contribution in [2.75, 3.05) is 18.2 Å². The average Bonchev–Trinajstić information content (AvgIpc) is 3.11. The topological polar surface area (TPSA) is 81.9 Å². The van der Waals surface area contributed by atoms with Crippen molar-refractivity contribution in [3.8, 4) is 11.4 Å². The van der Waals surface area contributed by atoms with Gasteiger partial charge in [0, 0.05) is 0 Å². The van der Waals surface area contributed by atoms with Crippen LogP contribution in [0.1, 0.15) is 16.7 Å². The Labute approximate surface area is 162 Å². The molecular formula is C19H21N5O2S. The van der Waals surface area contributed by atoms with Gasteiger partial charge in [-0.2, -0.15) is 4.68 Å². The number of hydrogen-bond donors (Lipinski definition) is 1. The highest BCUT2D eigenvalue weighted by atomic mass is 32.2. The van der Waals surface area contributed by atoms with Crippen LogP contribution in [0.5, 0.6) is 5.75 Å². The molecule has 140 valence electrons. The van der Waals surface area contributed by atoms with Crippen LogP contribution >= 0.6 is 11.8 Å². The van der Waals surface area contributed by atoms with Crippen molar-refractivity contribution in [1.82, 2.24) is 20.2 Å². The highest BCUT2D eigenvalue weighted by Crippen LogP contribution is 2.26. The number of thioether (sulfide) groups is 1. The van der Waals surface area contributed by atoms with Crippen LogP contribution < -0.4 is 10.1 Å². The SMILES string of the molecule is COc1ccc(C)cc1NC(=O)CSc1nnnn1-c1cccc(C)c1C. The number of aryl methyl sites for hydroxylation is 2. The fourth-order valence-corrected chi connectivity index (χ4v) is 3.30. The lowest BCUT2D eigenvalue weighted by atomic mass is 10.1. The summed E-state index contributed by atoms with van der Waals surface area (Å²) in [5.41, 5.74) is 4.85. The average molecular weight is 383 g/mol. The number of rotatable bonds is 6. The van der Waals surface area contributed by atoms with Gasteiger partial charge in [-0.1, -0.05) is 30.0 Å². The van der Waals surface area contributed by atoms with E-state index in [1.165, 1.54) is 11.8 Å². The van der Waals surface area contributed by atoms with Gasteiger partial charge in [-0.25, -0.2) is 0 Å². The fraction of sp³-hybridized carbons (Fsp3) is 0.263. The van der Waals surface area contributed by atoms with Gasteiger partial charge in [-0.15, -0.1) is 5.10 Å². The Morgan fingerprint density at radius 2 is 2.04 bits per heavy atom. The molecule has 1 N–H and O–H groups in total. The minimum absolute atomic E-state index is 0.153. The number of aromatic nitrogens is 4. The Hall–Kier alpha value is -2.87. The molecule has 7 nitrogen and oxygen atoms in total. The molecule has 0 aliphatic heterocycles. The summed E-state index contributed by atoms with van der Waals surface area (Å²) < 4.78 is 6.96. The third-order valence-electron chi connectivity index (χ3n) is 4.21. The third-order valence-corrected chi connectivity index (χ3v) is 5.13. The zero-order chi connectivity index (χ0) is 19.4. The van der Waals surface area contributed by atoms with Crippen molar-refractivity contribution < 1.29 is 9.53 Å². The lowest BCUT2D eigenvalue weighted by molar-refractivity contribution is -0.113. The van der Waals surface area contributed by atoms with Gasteiger partial charge in [0.1, 0.15) is 5.75 Å². The Balaban J connectivity index is 1.71. The van der Waals surface area contributed by atoms with E-state index in [0.29, 0.717) is 16.6 Å². The second-order valence-electron chi connectivity index (χ2n) is 6.13. The molecular weight excluding hydrogens is 362 g/mol. The maximum atomic E-state index is 12.4. The Kier molecular flexibility index (Phi) is 5.75. The lowest BCUT2D eigenvalue weighted by Crippen LogP contribution is -2.15. The summed E-state index contributed by atoms with van der Waals surface area (Å²) >= 11 is 1.28. The maximum absolute atomic E-state index is 12.4. The number of carbonyl (C=O) groups excluding carboxylic acids is 1. The van der Waals surface area contributed by atoms with E-state index in [9.17, 15) is 4.79 Å². The first-order valence-electron chi connectivity index (χ1n) is 8.42. The summed E-state index contributed by atoms with van der Waals surface area (Å²) in [5, 5.41) is 15.3. The number of anilines is 1. The van der Waals surface area contributed by atoms with Gasteiger partial charge in [0.05, 0.1) is 24.2 Å².